The zero-order valence-electron chi connectivity index (χ0n) is 25.3. The molecule has 1 saturated heterocycles. The van der Waals surface area contributed by atoms with Crippen molar-refractivity contribution in [1.82, 2.24) is 14.8 Å². The summed E-state index contributed by atoms with van der Waals surface area (Å²) in [6, 6.07) is 13.9. The van der Waals surface area contributed by atoms with Crippen molar-refractivity contribution in [1.29, 1.82) is 0 Å². The van der Waals surface area contributed by atoms with Crippen LogP contribution in [0.25, 0.3) is 22.0 Å². The van der Waals surface area contributed by atoms with Gasteiger partial charge < -0.3 is 26.0 Å². The first kappa shape index (κ1) is 29.2. The van der Waals surface area contributed by atoms with Crippen molar-refractivity contribution in [3.8, 4) is 11.1 Å². The first-order chi connectivity index (χ1) is 20.7. The Morgan fingerprint density at radius 3 is 2.51 bits per heavy atom. The van der Waals surface area contributed by atoms with Gasteiger partial charge in [0, 0.05) is 47.9 Å². The molecule has 3 aromatic rings. The number of anilines is 1. The number of aromatic nitrogens is 1. The Morgan fingerprint density at radius 1 is 1.02 bits per heavy atom. The Labute approximate surface area is 253 Å². The fourth-order valence-corrected chi connectivity index (χ4v) is 7.17. The molecule has 9 nitrogen and oxygen atoms in total. The van der Waals surface area contributed by atoms with Crippen LogP contribution in [0.2, 0.25) is 0 Å². The maximum Gasteiger partial charge on any atom is 0.407 e. The largest absolute Gasteiger partial charge is 0.446 e. The Hall–Kier alpha value is -3.85. The molecule has 0 bridgehead atoms. The molecule has 9 heteroatoms. The van der Waals surface area contributed by atoms with Crippen molar-refractivity contribution < 1.29 is 19.1 Å². The molecule has 0 unspecified atom stereocenters. The highest BCUT2D eigenvalue weighted by Crippen LogP contribution is 2.43. The minimum absolute atomic E-state index is 0.111. The Bertz CT molecular complexity index is 1530. The first-order valence-corrected chi connectivity index (χ1v) is 15.7. The summed E-state index contributed by atoms with van der Waals surface area (Å²) in [7, 11) is 0. The maximum atomic E-state index is 13.3. The topological polar surface area (TPSA) is 119 Å². The Morgan fingerprint density at radius 2 is 1.77 bits per heavy atom. The van der Waals surface area contributed by atoms with Crippen LogP contribution in [0.3, 0.4) is 0 Å². The second-order valence-electron chi connectivity index (χ2n) is 13.2. The van der Waals surface area contributed by atoms with Gasteiger partial charge in [-0.3, -0.25) is 14.2 Å². The number of nitrogens with two attached hydrogens (primary N) is 1. The number of nitrogens with zero attached hydrogens (tertiary/aromatic N) is 2. The predicted molar refractivity (Wildman–Crippen MR) is 168 cm³/mol. The average molecular weight is 586 g/mol. The second-order valence-corrected chi connectivity index (χ2v) is 13.2. The van der Waals surface area contributed by atoms with E-state index in [-0.39, 0.29) is 29.6 Å². The summed E-state index contributed by atoms with van der Waals surface area (Å²) >= 11 is 0. The zero-order chi connectivity index (χ0) is 30.1. The van der Waals surface area contributed by atoms with E-state index < -0.39 is 5.91 Å². The fraction of sp³-hybridized carbons (Fsp3) is 0.500. The number of ether oxygens (including phenoxy) is 1. The molecule has 3 aliphatic rings. The van der Waals surface area contributed by atoms with Crippen LogP contribution in [-0.4, -0.2) is 65.7 Å². The zero-order valence-corrected chi connectivity index (χ0v) is 25.3. The quantitative estimate of drug-likeness (QED) is 0.318. The number of alkyl carbamates (subject to hydrolysis) is 1. The van der Waals surface area contributed by atoms with Crippen LogP contribution in [0.15, 0.2) is 42.5 Å². The van der Waals surface area contributed by atoms with E-state index in [1.54, 1.807) is 6.07 Å². The number of para-hydroxylation sites is 1. The fourth-order valence-electron chi connectivity index (χ4n) is 7.17. The van der Waals surface area contributed by atoms with Gasteiger partial charge in [-0.15, -0.1) is 0 Å². The van der Waals surface area contributed by atoms with Gasteiger partial charge in [-0.25, -0.2) is 4.79 Å². The minimum Gasteiger partial charge on any atom is -0.446 e. The molecule has 3 heterocycles. The predicted octanol–water partition coefficient (Wildman–Crippen LogP) is 5.56. The van der Waals surface area contributed by atoms with Gasteiger partial charge in [0.1, 0.15) is 6.10 Å². The van der Waals surface area contributed by atoms with Crippen molar-refractivity contribution >= 4 is 34.5 Å². The molecule has 6 rings (SSSR count). The van der Waals surface area contributed by atoms with Crippen molar-refractivity contribution in [2.75, 3.05) is 31.5 Å². The maximum absolute atomic E-state index is 13.3. The highest BCUT2D eigenvalue weighted by Gasteiger charge is 2.35. The van der Waals surface area contributed by atoms with Gasteiger partial charge >= 0.3 is 6.09 Å². The van der Waals surface area contributed by atoms with Crippen LogP contribution in [0.5, 0.6) is 0 Å². The number of primary amides is 1. The molecule has 1 saturated carbocycles. The van der Waals surface area contributed by atoms with Gasteiger partial charge in [-0.05, 0) is 87.2 Å². The van der Waals surface area contributed by atoms with Crippen LogP contribution in [0.1, 0.15) is 79.6 Å². The first-order valence-electron chi connectivity index (χ1n) is 15.7. The van der Waals surface area contributed by atoms with Gasteiger partial charge in [0.2, 0.25) is 5.91 Å². The van der Waals surface area contributed by atoms with E-state index in [0.717, 1.165) is 79.5 Å². The summed E-state index contributed by atoms with van der Waals surface area (Å²) in [5, 5.41) is 7.51. The molecule has 43 heavy (non-hydrogen) atoms. The van der Waals surface area contributed by atoms with Crippen LogP contribution < -0.4 is 16.4 Å². The normalized spacial score (nSPS) is 21.9. The molecule has 4 N–H and O–H groups in total. The third-order valence-corrected chi connectivity index (χ3v) is 9.28. The number of nitrogens with one attached hydrogen (secondary N) is 2. The summed E-state index contributed by atoms with van der Waals surface area (Å²) in [5.41, 5.74) is 10.7. The molecule has 1 aliphatic carbocycles. The Kier molecular flexibility index (Phi) is 8.18. The number of hydrogen-bond acceptors (Lipinski definition) is 6. The van der Waals surface area contributed by atoms with Crippen LogP contribution >= 0.6 is 0 Å². The number of fused-ring (bicyclic) bond motifs is 3. The lowest BCUT2D eigenvalue weighted by Gasteiger charge is -2.31. The second kappa shape index (κ2) is 12.0. The molecule has 2 fully saturated rings. The lowest BCUT2D eigenvalue weighted by Crippen LogP contribution is -2.37. The third kappa shape index (κ3) is 6.27. The molecule has 228 valence electrons. The van der Waals surface area contributed by atoms with Crippen molar-refractivity contribution in [2.24, 2.45) is 11.1 Å². The summed E-state index contributed by atoms with van der Waals surface area (Å²) in [5.74, 6) is -0.378. The van der Waals surface area contributed by atoms with E-state index in [2.05, 4.69) is 35.4 Å². The number of hydrogen-bond donors (Lipinski definition) is 3. The summed E-state index contributed by atoms with van der Waals surface area (Å²) in [6.07, 6.45) is 6.39. The average Bonchev–Trinajstić information content (AvgIpc) is 3.59. The van der Waals surface area contributed by atoms with Crippen LogP contribution in [0.4, 0.5) is 10.5 Å². The van der Waals surface area contributed by atoms with E-state index in [1.807, 2.05) is 34.9 Å². The van der Waals surface area contributed by atoms with E-state index in [4.69, 9.17) is 10.5 Å². The van der Waals surface area contributed by atoms with Crippen LogP contribution in [-0.2, 0) is 11.2 Å². The van der Waals surface area contributed by atoms with E-state index >= 15 is 0 Å². The molecule has 2 aromatic carbocycles. The molecule has 2 amide bonds. The van der Waals surface area contributed by atoms with Gasteiger partial charge in [0.05, 0.1) is 11.1 Å². The number of benzene rings is 2. The molecule has 2 aliphatic heterocycles. The molecule has 1 aromatic heterocycles. The standard InChI is InChI=1S/C34H43N5O4/c1-34(2)20-29-31(26-7-3-4-8-28(26)39(29)30(40)21-34)22-9-14-25(32(35)41)27(19-22)37-23-10-12-24(13-11-23)43-33(42)36-15-18-38-16-5-6-17-38/h3-4,7-9,14,19,23-24,37H,5-6,10-13,15-18,20-21H2,1-2H3,(H2,35,41)(H,36,42)/t23-,24-. The van der Waals surface area contributed by atoms with Gasteiger partial charge in [-0.2, -0.15) is 0 Å². The number of rotatable bonds is 8. The number of amides is 2. The van der Waals surface area contributed by atoms with Crippen molar-refractivity contribution in [3.05, 3.63) is 53.7 Å². The summed E-state index contributed by atoms with van der Waals surface area (Å²) in [4.78, 5) is 40.4. The smallest absolute Gasteiger partial charge is 0.407 e. The summed E-state index contributed by atoms with van der Waals surface area (Å²) < 4.78 is 7.59. The van der Waals surface area contributed by atoms with E-state index in [9.17, 15) is 14.4 Å². The van der Waals surface area contributed by atoms with Gasteiger partial charge in [-0.1, -0.05) is 38.1 Å². The Balaban J connectivity index is 1.17. The lowest BCUT2D eigenvalue weighted by molar-refractivity contribution is 0.0726. The third-order valence-electron chi connectivity index (χ3n) is 9.28. The number of carbonyl (C=O) groups excluding carboxylic acids is 3. The van der Waals surface area contributed by atoms with Crippen LogP contribution in [0, 0.1) is 5.41 Å². The van der Waals surface area contributed by atoms with Crippen molar-refractivity contribution in [2.45, 2.75) is 77.4 Å². The SMILES string of the molecule is CC1(C)CC(=O)n2c(c(-c3ccc(C(N)=O)c(N[C@H]4CC[C@H](OC(=O)NCCN5CCCC5)CC4)c3)c3ccccc32)C1. The monoisotopic (exact) mass is 585 g/mol. The lowest BCUT2D eigenvalue weighted by atomic mass is 9.80. The van der Waals surface area contributed by atoms with E-state index in [0.29, 0.717) is 24.2 Å². The molecular weight excluding hydrogens is 542 g/mol. The van der Waals surface area contributed by atoms with Gasteiger partial charge in [0.15, 0.2) is 0 Å². The molecular formula is C34H43N5O4. The summed E-state index contributed by atoms with van der Waals surface area (Å²) in [6.45, 7) is 7.96. The van der Waals surface area contributed by atoms with Gasteiger partial charge in [0.25, 0.3) is 5.91 Å². The minimum atomic E-state index is -0.489. The van der Waals surface area contributed by atoms with Crippen molar-refractivity contribution in [3.63, 3.8) is 0 Å². The molecule has 0 atom stereocenters. The number of likely N-dealkylation sites (tertiary alicyclic amines) is 1. The molecule has 0 spiro atoms. The highest BCUT2D eigenvalue weighted by atomic mass is 16.6. The number of carbonyl (C=O) groups is 3. The highest BCUT2D eigenvalue weighted by molar-refractivity contribution is 6.06. The van der Waals surface area contributed by atoms with E-state index in [1.165, 1.54) is 12.8 Å². The molecule has 0 radical (unpaired) electrons.